The Labute approximate surface area is 124 Å². The number of anilines is 1. The van der Waals surface area contributed by atoms with Crippen molar-refractivity contribution < 1.29 is 13.7 Å². The van der Waals surface area contributed by atoms with Gasteiger partial charge in [0.2, 0.25) is 0 Å². The Morgan fingerprint density at radius 3 is 2.43 bits per heavy atom. The number of nitrogens with one attached hydrogen (secondary N) is 1. The summed E-state index contributed by atoms with van der Waals surface area (Å²) >= 11 is 1.58. The molecule has 110 valence electrons. The Kier molecular flexibility index (Phi) is 4.74. The zero-order chi connectivity index (χ0) is 15.4. The molecule has 0 unspecified atom stereocenters. The molecule has 0 amide bonds. The van der Waals surface area contributed by atoms with Crippen LogP contribution in [0.2, 0.25) is 0 Å². The Bertz CT molecular complexity index is 663. The van der Waals surface area contributed by atoms with Crippen molar-refractivity contribution in [3.8, 4) is 0 Å². The van der Waals surface area contributed by atoms with Gasteiger partial charge in [0.15, 0.2) is 17.3 Å². The third kappa shape index (κ3) is 3.49. The number of rotatable bonds is 5. The lowest BCUT2D eigenvalue weighted by Crippen LogP contribution is -2.06. The fourth-order valence-corrected chi connectivity index (χ4v) is 2.20. The third-order valence-electron chi connectivity index (χ3n) is 2.90. The maximum absolute atomic E-state index is 13.7. The number of nitrogens with zero attached hydrogens (tertiary/aromatic N) is 1. The molecule has 2 rings (SSSR count). The topological polar surface area (TPSA) is 55.2 Å². The van der Waals surface area contributed by atoms with Crippen LogP contribution in [0.15, 0.2) is 41.3 Å². The van der Waals surface area contributed by atoms with Crippen LogP contribution in [0.1, 0.15) is 5.56 Å². The molecule has 2 aromatic rings. The lowest BCUT2D eigenvalue weighted by atomic mass is 10.2. The second kappa shape index (κ2) is 6.53. The molecule has 0 aliphatic rings. The molecule has 0 fully saturated rings. The van der Waals surface area contributed by atoms with Crippen molar-refractivity contribution in [2.75, 3.05) is 11.6 Å². The minimum atomic E-state index is -1.25. The van der Waals surface area contributed by atoms with E-state index in [0.717, 1.165) is 22.6 Å². The standard InChI is InChI=1S/C14H12F2N2O2S/c1-21-10-4-2-9(3-5-10)8-17-14-12(18(19)20)7-6-11(15)13(14)16/h2-7,17H,8H2,1H3. The Balaban J connectivity index is 2.22. The van der Waals surface area contributed by atoms with E-state index in [2.05, 4.69) is 5.32 Å². The molecule has 0 radical (unpaired) electrons. The highest BCUT2D eigenvalue weighted by Crippen LogP contribution is 2.29. The first kappa shape index (κ1) is 15.2. The smallest absolute Gasteiger partial charge is 0.295 e. The average molecular weight is 310 g/mol. The molecule has 0 aliphatic heterocycles. The summed E-state index contributed by atoms with van der Waals surface area (Å²) < 4.78 is 26.9. The zero-order valence-electron chi connectivity index (χ0n) is 11.1. The van der Waals surface area contributed by atoms with Gasteiger partial charge >= 0.3 is 0 Å². The van der Waals surface area contributed by atoms with Crippen molar-refractivity contribution in [1.82, 2.24) is 0 Å². The monoisotopic (exact) mass is 310 g/mol. The van der Waals surface area contributed by atoms with E-state index >= 15 is 0 Å². The summed E-state index contributed by atoms with van der Waals surface area (Å²) in [5.74, 6) is -2.37. The lowest BCUT2D eigenvalue weighted by Gasteiger charge is -2.09. The Morgan fingerprint density at radius 1 is 1.19 bits per heavy atom. The van der Waals surface area contributed by atoms with Gasteiger partial charge in [0.1, 0.15) is 0 Å². The highest BCUT2D eigenvalue weighted by Gasteiger charge is 2.21. The van der Waals surface area contributed by atoms with Crippen LogP contribution in [0.5, 0.6) is 0 Å². The molecule has 0 bridgehead atoms. The molecular formula is C14H12F2N2O2S. The lowest BCUT2D eigenvalue weighted by molar-refractivity contribution is -0.384. The van der Waals surface area contributed by atoms with Gasteiger partial charge in [0, 0.05) is 17.5 Å². The second-order valence-corrected chi connectivity index (χ2v) is 5.09. The van der Waals surface area contributed by atoms with Crippen molar-refractivity contribution >= 4 is 23.1 Å². The molecule has 21 heavy (non-hydrogen) atoms. The summed E-state index contributed by atoms with van der Waals surface area (Å²) in [4.78, 5) is 11.2. The molecule has 7 heteroatoms. The van der Waals surface area contributed by atoms with Crippen LogP contribution >= 0.6 is 11.8 Å². The number of thioether (sulfide) groups is 1. The first-order valence-corrected chi connectivity index (χ1v) is 7.24. The van der Waals surface area contributed by atoms with Crippen molar-refractivity contribution in [2.24, 2.45) is 0 Å². The minimum Gasteiger partial charge on any atom is -0.373 e. The van der Waals surface area contributed by atoms with E-state index in [4.69, 9.17) is 0 Å². The van der Waals surface area contributed by atoms with Gasteiger partial charge in [0.25, 0.3) is 5.69 Å². The summed E-state index contributed by atoms with van der Waals surface area (Å²) in [5.41, 5.74) is -0.116. The van der Waals surface area contributed by atoms with Crippen molar-refractivity contribution in [1.29, 1.82) is 0 Å². The highest BCUT2D eigenvalue weighted by molar-refractivity contribution is 7.98. The predicted molar refractivity (Wildman–Crippen MR) is 78.6 cm³/mol. The van der Waals surface area contributed by atoms with Crippen LogP contribution in [0.25, 0.3) is 0 Å². The summed E-state index contributed by atoms with van der Waals surface area (Å²) in [6.45, 7) is 0.163. The van der Waals surface area contributed by atoms with Gasteiger partial charge in [-0.2, -0.15) is 0 Å². The van der Waals surface area contributed by atoms with Crippen molar-refractivity contribution in [2.45, 2.75) is 11.4 Å². The Hall–Kier alpha value is -2.15. The number of halogens is 2. The first-order valence-electron chi connectivity index (χ1n) is 6.02. The van der Waals surface area contributed by atoms with Crippen LogP contribution in [0, 0.1) is 21.7 Å². The quantitative estimate of drug-likeness (QED) is 0.511. The number of nitro groups is 1. The van der Waals surface area contributed by atoms with Crippen molar-refractivity contribution in [3.05, 3.63) is 63.7 Å². The average Bonchev–Trinajstić information content (AvgIpc) is 2.49. The maximum Gasteiger partial charge on any atom is 0.295 e. The summed E-state index contributed by atoms with van der Waals surface area (Å²) in [5, 5.41) is 13.4. The molecule has 1 N–H and O–H groups in total. The summed E-state index contributed by atoms with van der Waals surface area (Å²) in [7, 11) is 0. The van der Waals surface area contributed by atoms with Crippen LogP contribution < -0.4 is 5.32 Å². The van der Waals surface area contributed by atoms with Gasteiger partial charge < -0.3 is 5.32 Å². The van der Waals surface area contributed by atoms with E-state index < -0.39 is 27.9 Å². The molecule has 0 heterocycles. The molecule has 2 aromatic carbocycles. The second-order valence-electron chi connectivity index (χ2n) is 4.21. The molecule has 0 saturated carbocycles. The van der Waals surface area contributed by atoms with Gasteiger partial charge in [-0.15, -0.1) is 11.8 Å². The molecule has 0 atom stereocenters. The van der Waals surface area contributed by atoms with E-state index in [9.17, 15) is 18.9 Å². The van der Waals surface area contributed by atoms with Gasteiger partial charge in [0.05, 0.1) is 4.92 Å². The molecule has 0 spiro atoms. The van der Waals surface area contributed by atoms with E-state index in [1.54, 1.807) is 11.8 Å². The third-order valence-corrected chi connectivity index (χ3v) is 3.64. The Morgan fingerprint density at radius 2 is 1.86 bits per heavy atom. The van der Waals surface area contributed by atoms with Gasteiger partial charge in [-0.1, -0.05) is 12.1 Å². The van der Waals surface area contributed by atoms with E-state index in [1.807, 2.05) is 30.5 Å². The van der Waals surface area contributed by atoms with Crippen molar-refractivity contribution in [3.63, 3.8) is 0 Å². The highest BCUT2D eigenvalue weighted by atomic mass is 32.2. The van der Waals surface area contributed by atoms with E-state index in [1.165, 1.54) is 0 Å². The van der Waals surface area contributed by atoms with Crippen LogP contribution in [-0.4, -0.2) is 11.2 Å². The largest absolute Gasteiger partial charge is 0.373 e. The van der Waals surface area contributed by atoms with E-state index in [-0.39, 0.29) is 6.54 Å². The number of hydrogen-bond acceptors (Lipinski definition) is 4. The van der Waals surface area contributed by atoms with Crippen LogP contribution in [0.4, 0.5) is 20.2 Å². The number of benzene rings is 2. The molecule has 0 aliphatic carbocycles. The zero-order valence-corrected chi connectivity index (χ0v) is 11.9. The molecule has 0 saturated heterocycles. The van der Waals surface area contributed by atoms with Gasteiger partial charge in [-0.05, 0) is 30.0 Å². The van der Waals surface area contributed by atoms with Crippen LogP contribution in [-0.2, 0) is 6.54 Å². The normalized spacial score (nSPS) is 10.4. The number of nitro benzene ring substituents is 1. The molecular weight excluding hydrogens is 298 g/mol. The predicted octanol–water partition coefficient (Wildman–Crippen LogP) is 4.21. The van der Waals surface area contributed by atoms with E-state index in [0.29, 0.717) is 0 Å². The maximum atomic E-state index is 13.7. The van der Waals surface area contributed by atoms with Crippen LogP contribution in [0.3, 0.4) is 0 Å². The van der Waals surface area contributed by atoms with Gasteiger partial charge in [-0.3, -0.25) is 10.1 Å². The first-order chi connectivity index (χ1) is 10.0. The molecule has 4 nitrogen and oxygen atoms in total. The fourth-order valence-electron chi connectivity index (χ4n) is 1.79. The number of hydrogen-bond donors (Lipinski definition) is 1. The SMILES string of the molecule is CSc1ccc(CNc2c([N+](=O)[O-])ccc(F)c2F)cc1. The summed E-state index contributed by atoms with van der Waals surface area (Å²) in [6.07, 6.45) is 1.94. The van der Waals surface area contributed by atoms with Gasteiger partial charge in [-0.25, -0.2) is 8.78 Å². The summed E-state index contributed by atoms with van der Waals surface area (Å²) in [6, 6.07) is 9.10. The molecule has 0 aromatic heterocycles. The minimum absolute atomic E-state index is 0.163. The fraction of sp³-hybridized carbons (Fsp3) is 0.143.